The third-order valence-corrected chi connectivity index (χ3v) is 5.52. The molecule has 1 unspecified atom stereocenters. The summed E-state index contributed by atoms with van der Waals surface area (Å²) in [4.78, 5) is 1.68. The van der Waals surface area contributed by atoms with E-state index < -0.39 is 0 Å². The summed E-state index contributed by atoms with van der Waals surface area (Å²) in [5.74, 6) is -0.352. The Kier molecular flexibility index (Phi) is 5.66. The molecule has 1 atom stereocenters. The van der Waals surface area contributed by atoms with Gasteiger partial charge in [0.25, 0.3) is 0 Å². The van der Waals surface area contributed by atoms with Crippen LogP contribution >= 0.6 is 11.6 Å². The fourth-order valence-corrected chi connectivity index (χ4v) is 3.62. The second-order valence-electron chi connectivity index (χ2n) is 7.32. The van der Waals surface area contributed by atoms with E-state index >= 15 is 0 Å². The first-order valence-corrected chi connectivity index (χ1v) is 9.59. The number of rotatable bonds is 5. The summed E-state index contributed by atoms with van der Waals surface area (Å²) < 4.78 is 16.1. The number of halogens is 2. The van der Waals surface area contributed by atoms with Crippen LogP contribution in [-0.2, 0) is 7.05 Å². The van der Waals surface area contributed by atoms with Crippen LogP contribution in [0.1, 0.15) is 42.8 Å². The highest BCUT2D eigenvalue weighted by atomic mass is 35.5. The molecule has 1 N–H and O–H groups in total. The molecule has 0 amide bonds. The third kappa shape index (κ3) is 3.85. The molecule has 1 aliphatic carbocycles. The molecule has 4 nitrogen and oxygen atoms in total. The summed E-state index contributed by atoms with van der Waals surface area (Å²) in [5, 5.41) is 9.00. The second kappa shape index (κ2) is 7.84. The topological polar surface area (TPSA) is 33.1 Å². The van der Waals surface area contributed by atoms with E-state index in [2.05, 4.69) is 23.6 Å². The van der Waals surface area contributed by atoms with Crippen LogP contribution in [0.15, 0.2) is 65.4 Å². The summed E-state index contributed by atoms with van der Waals surface area (Å²) in [6.07, 6.45) is 8.90. The smallest absolute Gasteiger partial charge is 0.148 e. The minimum atomic E-state index is -0.352. The number of nitrogens with one attached hydrogen (secondary N) is 1. The Morgan fingerprint density at radius 2 is 2.04 bits per heavy atom. The monoisotopic (exact) mass is 400 g/mol. The highest BCUT2D eigenvalue weighted by molar-refractivity contribution is 6.29. The van der Waals surface area contributed by atoms with E-state index in [1.54, 1.807) is 11.9 Å². The van der Waals surface area contributed by atoms with Crippen LogP contribution in [0.25, 0.3) is 5.57 Å². The van der Waals surface area contributed by atoms with Crippen molar-refractivity contribution in [3.63, 3.8) is 0 Å². The lowest BCUT2D eigenvalue weighted by Gasteiger charge is -2.29. The molecule has 2 heterocycles. The van der Waals surface area contributed by atoms with Crippen LogP contribution in [-0.4, -0.2) is 21.7 Å². The number of hydrogen-bond acceptors (Lipinski definition) is 3. The molecule has 0 radical (unpaired) electrons. The molecule has 28 heavy (non-hydrogen) atoms. The number of hydrogen-bond donors (Lipinski definition) is 1. The first-order chi connectivity index (χ1) is 13.2. The average Bonchev–Trinajstić information content (AvgIpc) is 2.94. The zero-order valence-corrected chi connectivity index (χ0v) is 17.6. The van der Waals surface area contributed by atoms with Crippen molar-refractivity contribution in [2.45, 2.75) is 32.7 Å². The number of allylic oxidation sites excluding steroid dienone is 6. The summed E-state index contributed by atoms with van der Waals surface area (Å²) in [6, 6.07) is -0.170. The maximum absolute atomic E-state index is 14.3. The van der Waals surface area contributed by atoms with Gasteiger partial charge >= 0.3 is 0 Å². The van der Waals surface area contributed by atoms with E-state index in [0.29, 0.717) is 11.4 Å². The quantitative estimate of drug-likeness (QED) is 0.719. The molecule has 0 fully saturated rings. The highest BCUT2D eigenvalue weighted by Gasteiger charge is 2.28. The van der Waals surface area contributed by atoms with Gasteiger partial charge in [-0.1, -0.05) is 30.8 Å². The van der Waals surface area contributed by atoms with Crippen molar-refractivity contribution in [3.8, 4) is 0 Å². The van der Waals surface area contributed by atoms with E-state index in [1.807, 2.05) is 43.9 Å². The van der Waals surface area contributed by atoms with Gasteiger partial charge in [-0.3, -0.25) is 4.68 Å². The number of nitrogens with zero attached hydrogens (tertiary/aromatic N) is 3. The SMILES string of the molecule is C=C(C)c1nn(C)c(C)c1C(NC1=CN(C)C(=C)C(F)=C1)C1=CC=C(Cl)CC1. The minimum absolute atomic E-state index is 0.170. The Balaban J connectivity index is 2.09. The molecule has 148 valence electrons. The summed E-state index contributed by atoms with van der Waals surface area (Å²) in [7, 11) is 3.70. The van der Waals surface area contributed by atoms with Gasteiger partial charge in [0.05, 0.1) is 23.1 Å². The molecule has 1 aliphatic heterocycles. The standard InChI is InChI=1S/C22H26ClFN4/c1-13(2)21-20(15(4)28(6)26-21)22(16-7-9-17(23)10-8-16)25-18-11-19(24)14(3)27(5)12-18/h7,9,11-12,22,25H,1,3,8,10H2,2,4-6H3. The van der Waals surface area contributed by atoms with Gasteiger partial charge in [-0.2, -0.15) is 5.10 Å². The van der Waals surface area contributed by atoms with Gasteiger partial charge < -0.3 is 10.2 Å². The van der Waals surface area contributed by atoms with Crippen molar-refractivity contribution in [3.05, 3.63) is 82.4 Å². The van der Waals surface area contributed by atoms with Crippen molar-refractivity contribution in [1.29, 1.82) is 0 Å². The molecule has 0 spiro atoms. The fourth-order valence-electron chi connectivity index (χ4n) is 3.46. The van der Waals surface area contributed by atoms with Crippen molar-refractivity contribution in [2.75, 3.05) is 7.05 Å². The van der Waals surface area contributed by atoms with Gasteiger partial charge in [0.1, 0.15) is 5.83 Å². The van der Waals surface area contributed by atoms with Gasteiger partial charge in [-0.05, 0) is 43.9 Å². The molecule has 6 heteroatoms. The van der Waals surface area contributed by atoms with Crippen LogP contribution < -0.4 is 5.32 Å². The molecule has 0 bridgehead atoms. The van der Waals surface area contributed by atoms with E-state index in [0.717, 1.165) is 40.4 Å². The van der Waals surface area contributed by atoms with Crippen molar-refractivity contribution in [1.82, 2.24) is 20.0 Å². The molecule has 0 saturated carbocycles. The molecule has 1 aromatic heterocycles. The maximum atomic E-state index is 14.3. The van der Waals surface area contributed by atoms with Crippen LogP contribution in [0.3, 0.4) is 0 Å². The zero-order valence-electron chi connectivity index (χ0n) is 16.8. The van der Waals surface area contributed by atoms with Crippen LogP contribution in [0.4, 0.5) is 4.39 Å². The van der Waals surface area contributed by atoms with Gasteiger partial charge in [0.2, 0.25) is 0 Å². The Morgan fingerprint density at radius 3 is 2.61 bits per heavy atom. The Bertz CT molecular complexity index is 961. The molecular formula is C22H26ClFN4. The van der Waals surface area contributed by atoms with E-state index in [-0.39, 0.29) is 11.9 Å². The van der Waals surface area contributed by atoms with Crippen LogP contribution in [0, 0.1) is 6.92 Å². The first-order valence-electron chi connectivity index (χ1n) is 9.21. The summed E-state index contributed by atoms with van der Waals surface area (Å²) in [6.45, 7) is 11.8. The van der Waals surface area contributed by atoms with Gasteiger partial charge in [0.15, 0.2) is 0 Å². The summed E-state index contributed by atoms with van der Waals surface area (Å²) >= 11 is 6.17. The van der Waals surface area contributed by atoms with Gasteiger partial charge in [-0.25, -0.2) is 4.39 Å². The molecule has 1 aromatic rings. The first kappa shape index (κ1) is 20.2. The summed E-state index contributed by atoms with van der Waals surface area (Å²) in [5.41, 5.74) is 6.02. The molecule has 0 aromatic carbocycles. The zero-order chi connectivity index (χ0) is 20.6. The lowest BCUT2D eigenvalue weighted by atomic mass is 9.89. The van der Waals surface area contributed by atoms with E-state index in [4.69, 9.17) is 11.6 Å². The largest absolute Gasteiger partial charge is 0.373 e. The van der Waals surface area contributed by atoms with E-state index in [9.17, 15) is 4.39 Å². The lowest BCUT2D eigenvalue weighted by molar-refractivity contribution is 0.493. The molecule has 2 aliphatic rings. The predicted molar refractivity (Wildman–Crippen MR) is 114 cm³/mol. The van der Waals surface area contributed by atoms with Crippen LogP contribution in [0.5, 0.6) is 0 Å². The lowest BCUT2D eigenvalue weighted by Crippen LogP contribution is -2.27. The molecule has 0 saturated heterocycles. The van der Waals surface area contributed by atoms with E-state index in [1.165, 1.54) is 11.6 Å². The molecule has 3 rings (SSSR count). The number of likely N-dealkylation sites (N-methyl/N-ethyl adjacent to an activating group) is 1. The number of aryl methyl sites for hydroxylation is 1. The minimum Gasteiger partial charge on any atom is -0.373 e. The Morgan fingerprint density at radius 1 is 1.32 bits per heavy atom. The highest BCUT2D eigenvalue weighted by Crippen LogP contribution is 2.37. The Labute approximate surface area is 171 Å². The molecular weight excluding hydrogens is 375 g/mol. The predicted octanol–water partition coefficient (Wildman–Crippen LogP) is 5.39. The number of aromatic nitrogens is 2. The van der Waals surface area contributed by atoms with Gasteiger partial charge in [-0.15, -0.1) is 0 Å². The normalized spacial score (nSPS) is 18.2. The maximum Gasteiger partial charge on any atom is 0.148 e. The van der Waals surface area contributed by atoms with Crippen molar-refractivity contribution >= 4 is 17.2 Å². The second-order valence-corrected chi connectivity index (χ2v) is 7.80. The van der Waals surface area contributed by atoms with Crippen LogP contribution in [0.2, 0.25) is 0 Å². The third-order valence-electron chi connectivity index (χ3n) is 5.20. The fraction of sp³-hybridized carbons (Fsp3) is 0.318. The Hall–Kier alpha value is -2.53. The average molecular weight is 401 g/mol. The van der Waals surface area contributed by atoms with Gasteiger partial charge in [0, 0.05) is 42.7 Å². The van der Waals surface area contributed by atoms with Crippen molar-refractivity contribution in [2.24, 2.45) is 7.05 Å². The van der Waals surface area contributed by atoms with Crippen molar-refractivity contribution < 1.29 is 4.39 Å².